The lowest BCUT2D eigenvalue weighted by atomic mass is 10.2. The third-order valence-electron chi connectivity index (χ3n) is 0.577. The van der Waals surface area contributed by atoms with Crippen LogP contribution in [0.15, 0.2) is 0 Å². The molecule has 6 heavy (non-hydrogen) atoms. The second-order valence-electron chi connectivity index (χ2n) is 1.38. The Bertz CT molecular complexity index is 25.1. The van der Waals surface area contributed by atoms with E-state index < -0.39 is 0 Å². The summed E-state index contributed by atoms with van der Waals surface area (Å²) in [5, 5.41) is 8.50. The van der Waals surface area contributed by atoms with Crippen LogP contribution in [-0.4, -0.2) is 11.2 Å². The average molecular weight is 87.1 g/mol. The molecule has 37 valence electrons. The first-order valence-corrected chi connectivity index (χ1v) is 2.28. The number of hydrogen-bond acceptors (Lipinski definition) is 1. The Morgan fingerprint density at radius 3 is 2.33 bits per heavy atom. The highest BCUT2D eigenvalue weighted by atomic mass is 16.3. The van der Waals surface area contributed by atoms with Gasteiger partial charge in [-0.05, 0) is 13.3 Å². The van der Waals surface area contributed by atoms with Gasteiger partial charge in [0.25, 0.3) is 0 Å². The Morgan fingerprint density at radius 1 is 1.83 bits per heavy atom. The Hall–Kier alpha value is -0.0400. The predicted octanol–water partition coefficient (Wildman–Crippen LogP) is 0.981. The Kier molecular flexibility index (Phi) is 3.14. The van der Waals surface area contributed by atoms with E-state index in [-0.39, 0.29) is 6.10 Å². The van der Waals surface area contributed by atoms with Gasteiger partial charge in [0, 0.05) is 0 Å². The van der Waals surface area contributed by atoms with Crippen LogP contribution >= 0.6 is 0 Å². The summed E-state index contributed by atoms with van der Waals surface area (Å²) >= 11 is 0. The molecule has 0 amide bonds. The SMILES string of the molecule is CC[CH][C@@H](C)O. The molecule has 0 spiro atoms. The monoisotopic (exact) mass is 87.1 g/mol. The van der Waals surface area contributed by atoms with Crippen molar-refractivity contribution in [3.05, 3.63) is 6.42 Å². The smallest absolute Gasteiger partial charge is 0.0543 e. The van der Waals surface area contributed by atoms with Gasteiger partial charge in [0.15, 0.2) is 0 Å². The van der Waals surface area contributed by atoms with Gasteiger partial charge in [-0.25, -0.2) is 0 Å². The third kappa shape index (κ3) is 3.96. The van der Waals surface area contributed by atoms with Gasteiger partial charge in [0.2, 0.25) is 0 Å². The largest absolute Gasteiger partial charge is 0.393 e. The lowest BCUT2D eigenvalue weighted by molar-refractivity contribution is 0.224. The van der Waals surface area contributed by atoms with Crippen LogP contribution < -0.4 is 0 Å². The van der Waals surface area contributed by atoms with Crippen molar-refractivity contribution in [1.29, 1.82) is 0 Å². The number of hydrogen-bond donors (Lipinski definition) is 1. The van der Waals surface area contributed by atoms with Crippen molar-refractivity contribution in [2.24, 2.45) is 0 Å². The molecule has 1 radical (unpaired) electrons. The number of aliphatic hydroxyl groups is 1. The molecule has 1 heteroatoms. The molecule has 0 fully saturated rings. The van der Waals surface area contributed by atoms with E-state index in [4.69, 9.17) is 5.11 Å². The molecule has 0 aromatic carbocycles. The Morgan fingerprint density at radius 2 is 2.33 bits per heavy atom. The molecule has 1 N–H and O–H groups in total. The van der Waals surface area contributed by atoms with E-state index in [0.717, 1.165) is 6.42 Å². The van der Waals surface area contributed by atoms with Crippen molar-refractivity contribution < 1.29 is 5.11 Å². The number of rotatable bonds is 2. The molecule has 0 aliphatic rings. The zero-order valence-corrected chi connectivity index (χ0v) is 4.31. The van der Waals surface area contributed by atoms with Crippen LogP contribution in [0.4, 0.5) is 0 Å². The molecule has 0 rings (SSSR count). The average Bonchev–Trinajstić information content (AvgIpc) is 1.35. The lowest BCUT2D eigenvalue weighted by Gasteiger charge is -1.94. The van der Waals surface area contributed by atoms with Crippen LogP contribution in [0.3, 0.4) is 0 Å². The van der Waals surface area contributed by atoms with E-state index in [1.165, 1.54) is 0 Å². The van der Waals surface area contributed by atoms with Gasteiger partial charge in [0.05, 0.1) is 6.10 Å². The second kappa shape index (κ2) is 3.16. The van der Waals surface area contributed by atoms with Gasteiger partial charge in [-0.2, -0.15) is 0 Å². The van der Waals surface area contributed by atoms with E-state index in [0.29, 0.717) is 0 Å². The maximum absolute atomic E-state index is 8.50. The van der Waals surface area contributed by atoms with Crippen LogP contribution in [0.2, 0.25) is 0 Å². The highest BCUT2D eigenvalue weighted by Gasteiger charge is 1.87. The molecule has 1 nitrogen and oxygen atoms in total. The van der Waals surface area contributed by atoms with Crippen LogP contribution in [0, 0.1) is 6.42 Å². The summed E-state index contributed by atoms with van der Waals surface area (Å²) in [6, 6.07) is 0. The first-order chi connectivity index (χ1) is 2.77. The maximum atomic E-state index is 8.50. The molecule has 0 saturated carbocycles. The minimum Gasteiger partial charge on any atom is -0.393 e. The van der Waals surface area contributed by atoms with Crippen LogP contribution in [-0.2, 0) is 0 Å². The Balaban J connectivity index is 2.63. The van der Waals surface area contributed by atoms with E-state index in [1.54, 1.807) is 6.92 Å². The normalized spacial score (nSPS) is 14.5. The zero-order valence-electron chi connectivity index (χ0n) is 4.31. The fraction of sp³-hybridized carbons (Fsp3) is 0.800. The van der Waals surface area contributed by atoms with E-state index >= 15 is 0 Å². The summed E-state index contributed by atoms with van der Waals surface area (Å²) in [6.45, 7) is 3.76. The fourth-order valence-electron chi connectivity index (χ4n) is 0.341. The van der Waals surface area contributed by atoms with Gasteiger partial charge in [-0.3, -0.25) is 0 Å². The van der Waals surface area contributed by atoms with Crippen molar-refractivity contribution in [1.82, 2.24) is 0 Å². The molecular weight excluding hydrogens is 76.1 g/mol. The van der Waals surface area contributed by atoms with Crippen LogP contribution in [0.5, 0.6) is 0 Å². The first kappa shape index (κ1) is 5.96. The molecule has 0 aromatic heterocycles. The van der Waals surface area contributed by atoms with Gasteiger partial charge < -0.3 is 5.11 Å². The minimum atomic E-state index is -0.227. The quantitative estimate of drug-likeness (QED) is 0.532. The molecule has 0 saturated heterocycles. The van der Waals surface area contributed by atoms with Crippen molar-refractivity contribution in [3.63, 3.8) is 0 Å². The summed E-state index contributed by atoms with van der Waals surface area (Å²) in [5.74, 6) is 0. The fourth-order valence-corrected chi connectivity index (χ4v) is 0.341. The minimum absolute atomic E-state index is 0.227. The topological polar surface area (TPSA) is 20.2 Å². The van der Waals surface area contributed by atoms with Crippen molar-refractivity contribution in [2.75, 3.05) is 0 Å². The third-order valence-corrected chi connectivity index (χ3v) is 0.577. The van der Waals surface area contributed by atoms with Gasteiger partial charge in [-0.15, -0.1) is 0 Å². The van der Waals surface area contributed by atoms with E-state index in [9.17, 15) is 0 Å². The van der Waals surface area contributed by atoms with Crippen molar-refractivity contribution in [2.45, 2.75) is 26.4 Å². The highest BCUT2D eigenvalue weighted by Crippen LogP contribution is 1.89. The maximum Gasteiger partial charge on any atom is 0.0543 e. The molecular formula is C5H11O. The first-order valence-electron chi connectivity index (χ1n) is 2.28. The summed E-state index contributed by atoms with van der Waals surface area (Å²) in [6.07, 6.45) is 2.58. The highest BCUT2D eigenvalue weighted by molar-refractivity contribution is 4.66. The van der Waals surface area contributed by atoms with Crippen LogP contribution in [0.1, 0.15) is 20.3 Å². The summed E-state index contributed by atoms with van der Waals surface area (Å²) < 4.78 is 0. The summed E-state index contributed by atoms with van der Waals surface area (Å²) in [5.41, 5.74) is 0. The summed E-state index contributed by atoms with van der Waals surface area (Å²) in [4.78, 5) is 0. The van der Waals surface area contributed by atoms with Crippen molar-refractivity contribution in [3.8, 4) is 0 Å². The van der Waals surface area contributed by atoms with Gasteiger partial charge in [0.1, 0.15) is 0 Å². The second-order valence-corrected chi connectivity index (χ2v) is 1.38. The Labute approximate surface area is 39.0 Å². The summed E-state index contributed by atoms with van der Waals surface area (Å²) in [7, 11) is 0. The van der Waals surface area contributed by atoms with E-state index in [1.807, 2.05) is 13.3 Å². The van der Waals surface area contributed by atoms with E-state index in [2.05, 4.69) is 0 Å². The predicted molar refractivity (Wildman–Crippen MR) is 26.3 cm³/mol. The zero-order chi connectivity index (χ0) is 4.99. The lowest BCUT2D eigenvalue weighted by Crippen LogP contribution is -1.97. The van der Waals surface area contributed by atoms with Crippen LogP contribution in [0.25, 0.3) is 0 Å². The molecule has 1 atom stereocenters. The molecule has 0 unspecified atom stereocenters. The molecule has 0 bridgehead atoms. The molecule has 0 aromatic rings. The number of aliphatic hydroxyl groups excluding tert-OH is 1. The molecule has 0 heterocycles. The van der Waals surface area contributed by atoms with Gasteiger partial charge >= 0.3 is 0 Å². The standard InChI is InChI=1S/C5H11O/c1-3-4-5(2)6/h4-6H,3H2,1-2H3/t5-/m1/s1. The van der Waals surface area contributed by atoms with Crippen molar-refractivity contribution >= 4 is 0 Å². The molecule has 0 aliphatic heterocycles. The van der Waals surface area contributed by atoms with Gasteiger partial charge in [-0.1, -0.05) is 13.3 Å². The molecule has 0 aliphatic carbocycles.